The summed E-state index contributed by atoms with van der Waals surface area (Å²) in [4.78, 5) is 10.4. The summed E-state index contributed by atoms with van der Waals surface area (Å²) in [5.41, 5.74) is 0.880. The van der Waals surface area contributed by atoms with Gasteiger partial charge in [-0.2, -0.15) is 10.2 Å². The van der Waals surface area contributed by atoms with E-state index >= 15 is 0 Å². The molecule has 0 aliphatic rings. The monoisotopic (exact) mass is 249 g/mol. The highest BCUT2D eigenvalue weighted by molar-refractivity contribution is 5.32. The molecule has 2 aromatic heterocycles. The molecule has 0 aliphatic heterocycles. The molecule has 0 unspecified atom stereocenters. The summed E-state index contributed by atoms with van der Waals surface area (Å²) >= 11 is 0. The lowest BCUT2D eigenvalue weighted by Crippen LogP contribution is -2.30. The largest absolute Gasteiger partial charge is 0.309 e. The van der Waals surface area contributed by atoms with E-state index in [4.69, 9.17) is 0 Å². The number of nitro groups is 1. The predicted octanol–water partition coefficient (Wildman–Crippen LogP) is 1.62. The molecule has 0 aliphatic carbocycles. The molecule has 2 aromatic rings. The van der Waals surface area contributed by atoms with Crippen LogP contribution in [0.5, 0.6) is 0 Å². The summed E-state index contributed by atoms with van der Waals surface area (Å²) in [6, 6.07) is 1.88. The Morgan fingerprint density at radius 3 is 2.56 bits per heavy atom. The third-order valence-electron chi connectivity index (χ3n) is 3.09. The van der Waals surface area contributed by atoms with Gasteiger partial charge >= 0.3 is 5.69 Å². The van der Waals surface area contributed by atoms with Gasteiger partial charge in [-0.1, -0.05) is 0 Å². The number of hydrogen-bond donors (Lipinski definition) is 0. The van der Waals surface area contributed by atoms with E-state index in [0.717, 1.165) is 5.69 Å². The van der Waals surface area contributed by atoms with Crippen LogP contribution < -0.4 is 0 Å². The van der Waals surface area contributed by atoms with E-state index in [0.29, 0.717) is 5.69 Å². The Hall–Kier alpha value is -2.18. The topological polar surface area (TPSA) is 78.8 Å². The van der Waals surface area contributed by atoms with Crippen LogP contribution in [-0.2, 0) is 12.6 Å². The van der Waals surface area contributed by atoms with Crippen molar-refractivity contribution in [3.63, 3.8) is 0 Å². The van der Waals surface area contributed by atoms with Crippen LogP contribution in [0.25, 0.3) is 0 Å². The zero-order valence-corrected chi connectivity index (χ0v) is 10.8. The first-order chi connectivity index (χ1) is 8.34. The first kappa shape index (κ1) is 12.3. The summed E-state index contributed by atoms with van der Waals surface area (Å²) < 4.78 is 3.35. The van der Waals surface area contributed by atoms with Crippen molar-refractivity contribution < 1.29 is 4.92 Å². The van der Waals surface area contributed by atoms with Crippen molar-refractivity contribution in [2.75, 3.05) is 0 Å². The van der Waals surface area contributed by atoms with E-state index in [9.17, 15) is 10.1 Å². The lowest BCUT2D eigenvalue weighted by atomic mass is 10.0. The van der Waals surface area contributed by atoms with Crippen molar-refractivity contribution in [1.82, 2.24) is 19.6 Å². The molecule has 0 N–H and O–H groups in total. The van der Waals surface area contributed by atoms with Crippen molar-refractivity contribution in [3.05, 3.63) is 40.0 Å². The molecule has 0 spiro atoms. The van der Waals surface area contributed by atoms with Gasteiger partial charge in [0, 0.05) is 13.2 Å². The molecule has 7 heteroatoms. The van der Waals surface area contributed by atoms with Crippen LogP contribution >= 0.6 is 0 Å². The Labute approximate surface area is 104 Å². The van der Waals surface area contributed by atoms with E-state index in [2.05, 4.69) is 10.2 Å². The highest BCUT2D eigenvalue weighted by Gasteiger charge is 2.30. The molecule has 0 radical (unpaired) electrons. The third kappa shape index (κ3) is 1.77. The summed E-state index contributed by atoms with van der Waals surface area (Å²) in [6.45, 7) is 5.52. The summed E-state index contributed by atoms with van der Waals surface area (Å²) in [7, 11) is 1.84. The maximum atomic E-state index is 10.9. The van der Waals surface area contributed by atoms with E-state index in [-0.39, 0.29) is 5.69 Å². The molecule has 0 aromatic carbocycles. The average Bonchev–Trinajstić information content (AvgIpc) is 2.84. The quantitative estimate of drug-likeness (QED) is 0.611. The van der Waals surface area contributed by atoms with Gasteiger partial charge in [0.25, 0.3) is 0 Å². The number of aryl methyl sites for hydroxylation is 2. The molecule has 96 valence electrons. The van der Waals surface area contributed by atoms with Gasteiger partial charge in [-0.25, -0.2) is 0 Å². The molecule has 0 saturated carbocycles. The minimum absolute atomic E-state index is 0.0326. The Morgan fingerprint density at radius 2 is 2.11 bits per heavy atom. The smallest absolute Gasteiger partial charge is 0.270 e. The first-order valence-corrected chi connectivity index (χ1v) is 5.53. The second-order valence-corrected chi connectivity index (χ2v) is 4.70. The molecule has 2 rings (SSSR count). The number of aromatic nitrogens is 4. The van der Waals surface area contributed by atoms with Crippen molar-refractivity contribution in [3.8, 4) is 0 Å². The van der Waals surface area contributed by atoms with E-state index in [1.54, 1.807) is 22.5 Å². The second kappa shape index (κ2) is 3.94. The molecule has 7 nitrogen and oxygen atoms in total. The number of nitrogens with zero attached hydrogens (tertiary/aromatic N) is 5. The lowest BCUT2D eigenvalue weighted by Gasteiger charge is -2.25. The van der Waals surface area contributed by atoms with Crippen molar-refractivity contribution in [2.24, 2.45) is 7.05 Å². The van der Waals surface area contributed by atoms with E-state index < -0.39 is 10.5 Å². The fraction of sp³-hybridized carbons (Fsp3) is 0.455. The zero-order valence-electron chi connectivity index (χ0n) is 10.8. The summed E-state index contributed by atoms with van der Waals surface area (Å²) in [5, 5.41) is 19.2. The SMILES string of the molecule is Cc1nn(C(C)(C)c2ccnn2C)cc1[N+](=O)[O-]. The van der Waals surface area contributed by atoms with Gasteiger partial charge in [0.15, 0.2) is 0 Å². The van der Waals surface area contributed by atoms with Gasteiger partial charge in [-0.15, -0.1) is 0 Å². The van der Waals surface area contributed by atoms with Crippen molar-refractivity contribution >= 4 is 5.69 Å². The van der Waals surface area contributed by atoms with Crippen LogP contribution in [0.4, 0.5) is 5.69 Å². The number of rotatable bonds is 3. The molecule has 2 heterocycles. The fourth-order valence-electron chi connectivity index (χ4n) is 2.01. The Balaban J connectivity index is 2.51. The summed E-state index contributed by atoms with van der Waals surface area (Å²) in [6.07, 6.45) is 3.16. The highest BCUT2D eigenvalue weighted by Crippen LogP contribution is 2.27. The minimum atomic E-state index is -0.496. The average molecular weight is 249 g/mol. The van der Waals surface area contributed by atoms with E-state index in [1.165, 1.54) is 6.20 Å². The van der Waals surface area contributed by atoms with Crippen molar-refractivity contribution in [2.45, 2.75) is 26.3 Å². The first-order valence-electron chi connectivity index (χ1n) is 5.53. The Bertz CT molecular complexity index is 596. The van der Waals surface area contributed by atoms with Crippen LogP contribution in [0.2, 0.25) is 0 Å². The van der Waals surface area contributed by atoms with Gasteiger partial charge in [0.05, 0.1) is 16.2 Å². The van der Waals surface area contributed by atoms with Crippen LogP contribution in [-0.4, -0.2) is 24.5 Å². The third-order valence-corrected chi connectivity index (χ3v) is 3.09. The van der Waals surface area contributed by atoms with Crippen LogP contribution in [0, 0.1) is 17.0 Å². The standard InChI is InChI=1S/C11H15N5O2/c1-8-9(16(17)18)7-15(13-8)11(2,3)10-5-6-12-14(10)4/h5-7H,1-4H3. The molecule has 0 amide bonds. The van der Waals surface area contributed by atoms with Crippen LogP contribution in [0.3, 0.4) is 0 Å². The predicted molar refractivity (Wildman–Crippen MR) is 65.3 cm³/mol. The lowest BCUT2D eigenvalue weighted by molar-refractivity contribution is -0.385. The van der Waals surface area contributed by atoms with Gasteiger partial charge in [0.1, 0.15) is 11.9 Å². The normalized spacial score (nSPS) is 11.8. The van der Waals surface area contributed by atoms with Gasteiger partial charge in [-0.3, -0.25) is 19.5 Å². The zero-order chi connectivity index (χ0) is 13.5. The second-order valence-electron chi connectivity index (χ2n) is 4.70. The van der Waals surface area contributed by atoms with Gasteiger partial charge in [-0.05, 0) is 26.8 Å². The molecule has 0 saturated heterocycles. The minimum Gasteiger partial charge on any atom is -0.270 e. The maximum Gasteiger partial charge on any atom is 0.309 e. The maximum absolute atomic E-state index is 10.9. The molecule has 0 bridgehead atoms. The fourth-order valence-corrected chi connectivity index (χ4v) is 2.01. The Morgan fingerprint density at radius 1 is 1.44 bits per heavy atom. The summed E-state index contributed by atoms with van der Waals surface area (Å²) in [5.74, 6) is 0. The van der Waals surface area contributed by atoms with Gasteiger partial charge < -0.3 is 0 Å². The molecular weight excluding hydrogens is 234 g/mol. The molecule has 0 atom stereocenters. The number of hydrogen-bond acceptors (Lipinski definition) is 4. The Kier molecular flexibility index (Phi) is 2.68. The van der Waals surface area contributed by atoms with Crippen molar-refractivity contribution in [1.29, 1.82) is 0 Å². The molecule has 0 fully saturated rings. The van der Waals surface area contributed by atoms with Crippen LogP contribution in [0.15, 0.2) is 18.5 Å². The molecule has 18 heavy (non-hydrogen) atoms. The van der Waals surface area contributed by atoms with Gasteiger partial charge in [0.2, 0.25) is 0 Å². The van der Waals surface area contributed by atoms with Crippen LogP contribution in [0.1, 0.15) is 25.2 Å². The van der Waals surface area contributed by atoms with E-state index in [1.807, 2.05) is 27.0 Å². The molecular formula is C11H15N5O2. The highest BCUT2D eigenvalue weighted by atomic mass is 16.6.